The van der Waals surface area contributed by atoms with Crippen LogP contribution in [-0.4, -0.2) is 9.13 Å². The average Bonchev–Trinajstić information content (AvgIpc) is 4.03. The first kappa shape index (κ1) is 45.6. The molecule has 13 rings (SSSR count). The fraction of sp³-hybridized carbons (Fsp3) is 0.0145. The van der Waals surface area contributed by atoms with E-state index < -0.39 is 11.7 Å². The zero-order chi connectivity index (χ0) is 51.5. The van der Waals surface area contributed by atoms with Crippen molar-refractivity contribution in [2.24, 2.45) is 0 Å². The molecule has 0 aliphatic heterocycles. The topological polar surface area (TPSA) is 57.4 Å². The minimum absolute atomic E-state index is 0.148. The van der Waals surface area contributed by atoms with Gasteiger partial charge in [0.1, 0.15) is 0 Å². The van der Waals surface area contributed by atoms with Crippen molar-refractivity contribution in [1.82, 2.24) is 9.13 Å². The van der Waals surface area contributed by atoms with E-state index in [0.29, 0.717) is 39.2 Å². The minimum Gasteiger partial charge on any atom is -0.309 e. The van der Waals surface area contributed by atoms with Crippen molar-refractivity contribution in [3.63, 3.8) is 0 Å². The van der Waals surface area contributed by atoms with E-state index in [0.717, 1.165) is 100 Å². The molecule has 0 fully saturated rings. The number of alkyl halides is 3. The molecule has 2 aromatic heterocycles. The summed E-state index contributed by atoms with van der Waals surface area (Å²) in [6.45, 7) is 0. The Hall–Kier alpha value is -10.2. The normalized spacial score (nSPS) is 11.6. The highest BCUT2D eigenvalue weighted by Gasteiger charge is 2.32. The fourth-order valence-electron chi connectivity index (χ4n) is 11.2. The van der Waals surface area contributed by atoms with E-state index in [2.05, 4.69) is 143 Å². The second-order valence-electron chi connectivity index (χ2n) is 18.9. The molecule has 0 saturated heterocycles. The molecule has 0 radical (unpaired) electrons. The van der Waals surface area contributed by atoms with Crippen LogP contribution in [0.4, 0.5) is 13.2 Å². The molecule has 11 aromatic carbocycles. The van der Waals surface area contributed by atoms with Gasteiger partial charge in [0.15, 0.2) is 0 Å². The third-order valence-electron chi connectivity index (χ3n) is 14.7. The van der Waals surface area contributed by atoms with Gasteiger partial charge < -0.3 is 9.13 Å². The lowest BCUT2D eigenvalue weighted by atomic mass is 9.87. The molecule has 0 aliphatic rings. The summed E-state index contributed by atoms with van der Waals surface area (Å²) in [6.07, 6.45) is -4.69. The molecule has 0 aliphatic carbocycles. The number of nitriles is 2. The van der Waals surface area contributed by atoms with Crippen molar-refractivity contribution in [2.45, 2.75) is 6.18 Å². The number of halogens is 3. The smallest absolute Gasteiger partial charge is 0.309 e. The van der Waals surface area contributed by atoms with Gasteiger partial charge in [-0.25, -0.2) is 0 Å². The molecule has 13 aromatic rings. The summed E-state index contributed by atoms with van der Waals surface area (Å²) in [5, 5.41) is 26.2. The summed E-state index contributed by atoms with van der Waals surface area (Å²) >= 11 is 0. The molecule has 0 unspecified atom stereocenters. The largest absolute Gasteiger partial charge is 0.416 e. The monoisotopic (exact) mass is 982 g/mol. The van der Waals surface area contributed by atoms with Crippen LogP contribution in [0.5, 0.6) is 0 Å². The Labute approximate surface area is 436 Å². The maximum absolute atomic E-state index is 14.5. The molecule has 7 heteroatoms. The average molecular weight is 983 g/mol. The summed E-state index contributed by atoms with van der Waals surface area (Å²) in [4.78, 5) is 0. The van der Waals surface area contributed by atoms with E-state index in [1.807, 2.05) is 103 Å². The third-order valence-corrected chi connectivity index (χ3v) is 14.7. The van der Waals surface area contributed by atoms with Crippen LogP contribution in [-0.2, 0) is 6.18 Å². The maximum Gasteiger partial charge on any atom is 0.416 e. The van der Waals surface area contributed by atoms with Crippen LogP contribution in [0.1, 0.15) is 16.7 Å². The summed E-state index contributed by atoms with van der Waals surface area (Å²) in [7, 11) is 0. The maximum atomic E-state index is 14.5. The molecule has 76 heavy (non-hydrogen) atoms. The highest BCUT2D eigenvalue weighted by atomic mass is 19.4. The predicted octanol–water partition coefficient (Wildman–Crippen LogP) is 18.6. The minimum atomic E-state index is -4.69. The number of rotatable bonds is 8. The Bertz CT molecular complexity index is 4310. The third kappa shape index (κ3) is 7.69. The van der Waals surface area contributed by atoms with E-state index in [9.17, 15) is 23.7 Å². The summed E-state index contributed by atoms with van der Waals surface area (Å²) in [6, 6.07) is 86.2. The Balaban J connectivity index is 1.16. The van der Waals surface area contributed by atoms with Crippen molar-refractivity contribution in [2.75, 3.05) is 0 Å². The van der Waals surface area contributed by atoms with Crippen molar-refractivity contribution in [3.05, 3.63) is 265 Å². The van der Waals surface area contributed by atoms with Gasteiger partial charge in [-0.05, 0) is 129 Å². The lowest BCUT2D eigenvalue weighted by Gasteiger charge is -2.23. The van der Waals surface area contributed by atoms with Gasteiger partial charge in [0.25, 0.3) is 0 Å². The van der Waals surface area contributed by atoms with Crippen LogP contribution < -0.4 is 0 Å². The molecule has 2 heterocycles. The molecular formula is C69H41F3N4. The predicted molar refractivity (Wildman–Crippen MR) is 302 cm³/mol. The molecule has 0 saturated carbocycles. The van der Waals surface area contributed by atoms with Crippen LogP contribution in [0.25, 0.3) is 122 Å². The zero-order valence-corrected chi connectivity index (χ0v) is 40.6. The molecule has 0 atom stereocenters. The second kappa shape index (κ2) is 18.4. The van der Waals surface area contributed by atoms with E-state index in [1.165, 1.54) is 6.07 Å². The van der Waals surface area contributed by atoms with Crippen molar-refractivity contribution < 1.29 is 13.2 Å². The van der Waals surface area contributed by atoms with Gasteiger partial charge in [0.05, 0.1) is 62.3 Å². The first-order valence-electron chi connectivity index (χ1n) is 24.9. The highest BCUT2D eigenvalue weighted by Crippen LogP contribution is 2.48. The molecule has 358 valence electrons. The van der Waals surface area contributed by atoms with Crippen LogP contribution in [0.2, 0.25) is 0 Å². The molecular weight excluding hydrogens is 942 g/mol. The van der Waals surface area contributed by atoms with Gasteiger partial charge >= 0.3 is 6.18 Å². The molecule has 0 bridgehead atoms. The number of benzene rings is 11. The number of aromatic nitrogens is 2. The Morgan fingerprint density at radius 1 is 0.303 bits per heavy atom. The quantitative estimate of drug-likeness (QED) is 0.152. The number of nitrogens with zero attached hydrogens (tertiary/aromatic N) is 4. The zero-order valence-electron chi connectivity index (χ0n) is 40.6. The lowest BCUT2D eigenvalue weighted by molar-refractivity contribution is -0.137. The lowest BCUT2D eigenvalue weighted by Crippen LogP contribution is -2.07. The first-order chi connectivity index (χ1) is 37.2. The van der Waals surface area contributed by atoms with Gasteiger partial charge in [-0.1, -0.05) is 170 Å². The second-order valence-corrected chi connectivity index (χ2v) is 18.9. The van der Waals surface area contributed by atoms with E-state index >= 15 is 0 Å². The first-order valence-corrected chi connectivity index (χ1v) is 24.9. The Kier molecular flexibility index (Phi) is 11.0. The van der Waals surface area contributed by atoms with Gasteiger partial charge in [-0.3, -0.25) is 0 Å². The summed E-state index contributed by atoms with van der Waals surface area (Å²) in [5.74, 6) is 0. The standard InChI is InChI=1S/C69H41F3N4/c70-69(71,72)54-31-32-55(53(37-54)43-74)56-24-14-26-66(76-63-35-29-50(46-19-9-3-10-20-46)40-59(63)60-41-51(30-36-64(60)76)47-21-11-4-12-22-47)68(56)67-52(42-73)23-13-25-65(67)75-61-33-27-48(44-15-5-1-6-16-44)38-57(61)58-39-49(28-34-62(58)75)45-17-7-2-8-18-45/h1-41H. The van der Waals surface area contributed by atoms with Crippen LogP contribution in [0.3, 0.4) is 0 Å². The van der Waals surface area contributed by atoms with Gasteiger partial charge in [-0.15, -0.1) is 0 Å². The van der Waals surface area contributed by atoms with Gasteiger partial charge in [0.2, 0.25) is 0 Å². The molecule has 0 amide bonds. The van der Waals surface area contributed by atoms with Crippen LogP contribution in [0, 0.1) is 22.7 Å². The molecule has 0 N–H and O–H groups in total. The van der Waals surface area contributed by atoms with Crippen molar-refractivity contribution >= 4 is 43.6 Å². The van der Waals surface area contributed by atoms with E-state index in [-0.39, 0.29) is 5.56 Å². The number of hydrogen-bond acceptors (Lipinski definition) is 2. The van der Waals surface area contributed by atoms with Crippen molar-refractivity contribution in [1.29, 1.82) is 10.5 Å². The number of fused-ring (bicyclic) bond motifs is 6. The summed E-state index contributed by atoms with van der Waals surface area (Å²) < 4.78 is 47.8. The SMILES string of the molecule is N#Cc1cc(C(F)(F)F)ccc1-c1cccc(-n2c3ccc(-c4ccccc4)cc3c3cc(-c4ccccc4)ccc32)c1-c1c(C#N)cccc1-n1c2ccc(-c3ccccc3)cc2c2cc(-c3ccccc3)ccc21. The fourth-order valence-corrected chi connectivity index (χ4v) is 11.2. The van der Waals surface area contributed by atoms with E-state index in [4.69, 9.17) is 0 Å². The number of hydrogen-bond donors (Lipinski definition) is 0. The van der Waals surface area contributed by atoms with E-state index in [1.54, 1.807) is 6.07 Å². The van der Waals surface area contributed by atoms with Crippen LogP contribution in [0.15, 0.2) is 249 Å². The molecule has 4 nitrogen and oxygen atoms in total. The Morgan fingerprint density at radius 3 is 1.04 bits per heavy atom. The molecule has 0 spiro atoms. The Morgan fingerprint density at radius 2 is 0.671 bits per heavy atom. The van der Waals surface area contributed by atoms with Gasteiger partial charge in [0, 0.05) is 38.2 Å². The van der Waals surface area contributed by atoms with Crippen molar-refractivity contribution in [3.8, 4) is 90.3 Å². The highest BCUT2D eigenvalue weighted by molar-refractivity contribution is 6.15. The summed E-state index contributed by atoms with van der Waals surface area (Å²) in [5.41, 5.74) is 14.5. The van der Waals surface area contributed by atoms with Crippen LogP contribution >= 0.6 is 0 Å². The van der Waals surface area contributed by atoms with Gasteiger partial charge in [-0.2, -0.15) is 23.7 Å².